The number of aryl methyl sites for hydroxylation is 2. The van der Waals surface area contributed by atoms with Gasteiger partial charge < -0.3 is 0 Å². The van der Waals surface area contributed by atoms with Crippen LogP contribution in [0.15, 0.2) is 54.7 Å². The van der Waals surface area contributed by atoms with Crippen LogP contribution < -0.4 is 4.40 Å². The molecular formula is C30H33GeNS. The zero-order valence-electron chi connectivity index (χ0n) is 21.1. The van der Waals surface area contributed by atoms with Crippen molar-refractivity contribution in [3.05, 3.63) is 71.4 Å². The zero-order chi connectivity index (χ0) is 23.7. The van der Waals surface area contributed by atoms with Crippen molar-refractivity contribution in [3.8, 4) is 11.3 Å². The molecule has 0 saturated heterocycles. The van der Waals surface area contributed by atoms with E-state index in [9.17, 15) is 0 Å². The van der Waals surface area contributed by atoms with E-state index in [0.717, 1.165) is 5.69 Å². The van der Waals surface area contributed by atoms with Gasteiger partial charge in [0.05, 0.1) is 0 Å². The summed E-state index contributed by atoms with van der Waals surface area (Å²) in [5.41, 5.74) is 6.47. The number of thiophene rings is 1. The van der Waals surface area contributed by atoms with Gasteiger partial charge in [0.25, 0.3) is 0 Å². The van der Waals surface area contributed by atoms with Crippen molar-refractivity contribution in [1.29, 1.82) is 0 Å². The van der Waals surface area contributed by atoms with Crippen LogP contribution in [0.3, 0.4) is 0 Å². The van der Waals surface area contributed by atoms with Crippen molar-refractivity contribution in [2.24, 2.45) is 0 Å². The summed E-state index contributed by atoms with van der Waals surface area (Å²) < 4.78 is 4.25. The molecule has 0 fully saturated rings. The summed E-state index contributed by atoms with van der Waals surface area (Å²) in [7, 11) is 0. The number of pyridine rings is 1. The zero-order valence-corrected chi connectivity index (χ0v) is 24.0. The van der Waals surface area contributed by atoms with Gasteiger partial charge in [0, 0.05) is 0 Å². The van der Waals surface area contributed by atoms with Crippen LogP contribution in [-0.4, -0.2) is 18.3 Å². The first-order valence-corrected chi connectivity index (χ1v) is 20.0. The summed E-state index contributed by atoms with van der Waals surface area (Å²) in [6.45, 7) is 11.4. The predicted molar refractivity (Wildman–Crippen MR) is 151 cm³/mol. The summed E-state index contributed by atoms with van der Waals surface area (Å²) in [6.07, 6.45) is 1.99. The average Bonchev–Trinajstić information content (AvgIpc) is 3.10. The van der Waals surface area contributed by atoms with Crippen LogP contribution in [-0.2, 0) is 5.41 Å². The molecule has 0 aliphatic heterocycles. The van der Waals surface area contributed by atoms with Gasteiger partial charge >= 0.3 is 198 Å². The van der Waals surface area contributed by atoms with Crippen molar-refractivity contribution in [2.75, 3.05) is 0 Å². The van der Waals surface area contributed by atoms with E-state index in [0.29, 0.717) is 0 Å². The van der Waals surface area contributed by atoms with Gasteiger partial charge in [-0.15, -0.1) is 0 Å². The van der Waals surface area contributed by atoms with E-state index in [4.69, 9.17) is 4.98 Å². The maximum absolute atomic E-state index is 4.94. The molecule has 2 aromatic heterocycles. The Morgan fingerprint density at radius 2 is 1.52 bits per heavy atom. The van der Waals surface area contributed by atoms with E-state index in [1.165, 1.54) is 53.2 Å². The fourth-order valence-corrected chi connectivity index (χ4v) is 8.67. The maximum atomic E-state index is 4.94. The molecule has 0 aliphatic carbocycles. The molecule has 1 nitrogen and oxygen atoms in total. The van der Waals surface area contributed by atoms with Crippen LogP contribution in [0.1, 0.15) is 37.5 Å². The van der Waals surface area contributed by atoms with Crippen LogP contribution in [0.25, 0.3) is 42.2 Å². The first-order valence-electron chi connectivity index (χ1n) is 11.8. The second-order valence-corrected chi connectivity index (χ2v) is 23.2. The number of aromatic nitrogens is 1. The van der Waals surface area contributed by atoms with Gasteiger partial charge in [0.2, 0.25) is 0 Å². The van der Waals surface area contributed by atoms with Gasteiger partial charge in [0.1, 0.15) is 0 Å². The quantitative estimate of drug-likeness (QED) is 0.216. The molecule has 3 aromatic carbocycles. The van der Waals surface area contributed by atoms with Crippen molar-refractivity contribution in [3.63, 3.8) is 0 Å². The molecule has 0 N–H and O–H groups in total. The molecule has 0 unspecified atom stereocenters. The predicted octanol–water partition coefficient (Wildman–Crippen LogP) is 8.73. The van der Waals surface area contributed by atoms with Crippen LogP contribution in [0, 0.1) is 13.8 Å². The number of benzene rings is 3. The third-order valence-electron chi connectivity index (χ3n) is 6.90. The van der Waals surface area contributed by atoms with E-state index in [1.807, 2.05) is 17.5 Å². The van der Waals surface area contributed by atoms with Gasteiger partial charge in [-0.25, -0.2) is 0 Å². The Hall–Kier alpha value is -2.17. The molecule has 0 aliphatic rings. The molecule has 3 heteroatoms. The average molecular weight is 512 g/mol. The smallest absolute Gasteiger partial charge is 0.0395 e. The Kier molecular flexibility index (Phi) is 5.26. The Bertz CT molecular complexity index is 1540. The van der Waals surface area contributed by atoms with Crippen molar-refractivity contribution < 1.29 is 0 Å². The molecule has 33 heavy (non-hydrogen) atoms. The minimum Gasteiger partial charge on any atom is -0.0395 e. The standard InChI is InChI=1S/C30H33GeNS/c1-18-13-20-15-21(16-26(30(3,4)5)25(20)14-19(18)2)28-29-24(11-12-32-28)23-10-9-22(31(6,7)8)17-27(23)33-29/h9-17H,1-8H3. The summed E-state index contributed by atoms with van der Waals surface area (Å²) in [4.78, 5) is 4.94. The van der Waals surface area contributed by atoms with Crippen molar-refractivity contribution in [2.45, 2.75) is 57.3 Å². The Balaban J connectivity index is 1.81. The van der Waals surface area contributed by atoms with Crippen LogP contribution in [0.2, 0.25) is 17.3 Å². The molecule has 0 atom stereocenters. The number of hydrogen-bond donors (Lipinski definition) is 0. The van der Waals surface area contributed by atoms with E-state index >= 15 is 0 Å². The molecular weight excluding hydrogens is 479 g/mol. The normalized spacial score (nSPS) is 12.8. The molecule has 0 saturated carbocycles. The Morgan fingerprint density at radius 3 is 2.21 bits per heavy atom. The minimum atomic E-state index is -1.88. The first kappa shape index (κ1) is 22.6. The van der Waals surface area contributed by atoms with Crippen molar-refractivity contribution >= 4 is 59.9 Å². The third-order valence-corrected chi connectivity index (χ3v) is 12.4. The second kappa shape index (κ2) is 7.68. The molecule has 0 spiro atoms. The fourth-order valence-electron chi connectivity index (χ4n) is 4.77. The van der Waals surface area contributed by atoms with Crippen LogP contribution in [0.5, 0.6) is 0 Å². The number of fused-ring (bicyclic) bond motifs is 4. The molecule has 0 radical (unpaired) electrons. The summed E-state index contributed by atoms with van der Waals surface area (Å²) in [5.74, 6) is 7.40. The van der Waals surface area contributed by atoms with Gasteiger partial charge in [-0.1, -0.05) is 0 Å². The topological polar surface area (TPSA) is 12.9 Å². The second-order valence-electron chi connectivity index (χ2n) is 11.5. The monoisotopic (exact) mass is 513 g/mol. The van der Waals surface area contributed by atoms with E-state index in [-0.39, 0.29) is 5.41 Å². The SMILES string of the molecule is Cc1cc2cc(-c3nccc4c3sc3c[c]([Ge]([CH3])([CH3])[CH3])ccc34)cc(C(C)(C)C)c2cc1C. The number of nitrogens with zero attached hydrogens (tertiary/aromatic N) is 1. The van der Waals surface area contributed by atoms with Gasteiger partial charge in [-0.2, -0.15) is 0 Å². The molecule has 5 aromatic rings. The van der Waals surface area contributed by atoms with E-state index in [2.05, 4.69) is 100 Å². The van der Waals surface area contributed by atoms with E-state index in [1.54, 1.807) is 4.40 Å². The molecule has 5 rings (SSSR count). The Labute approximate surface area is 204 Å². The molecule has 2 heterocycles. The number of hydrogen-bond acceptors (Lipinski definition) is 2. The van der Waals surface area contributed by atoms with Gasteiger partial charge in [-0.05, 0) is 6.92 Å². The Morgan fingerprint density at radius 1 is 0.788 bits per heavy atom. The van der Waals surface area contributed by atoms with Gasteiger partial charge in [-0.3, -0.25) is 0 Å². The minimum absolute atomic E-state index is 0.0534. The van der Waals surface area contributed by atoms with Crippen LogP contribution >= 0.6 is 11.3 Å². The van der Waals surface area contributed by atoms with Crippen LogP contribution in [0.4, 0.5) is 0 Å². The molecule has 0 amide bonds. The van der Waals surface area contributed by atoms with Crippen molar-refractivity contribution in [1.82, 2.24) is 4.98 Å². The van der Waals surface area contributed by atoms with Gasteiger partial charge in [0.15, 0.2) is 0 Å². The fraction of sp³-hybridized carbons (Fsp3) is 0.300. The van der Waals surface area contributed by atoms with E-state index < -0.39 is 13.3 Å². The summed E-state index contributed by atoms with van der Waals surface area (Å²) in [6, 6.07) is 18.8. The summed E-state index contributed by atoms with van der Waals surface area (Å²) >= 11 is 0.0268. The third kappa shape index (κ3) is 3.91. The first-order chi connectivity index (χ1) is 15.4. The number of rotatable bonds is 2. The summed E-state index contributed by atoms with van der Waals surface area (Å²) in [5, 5.41) is 5.35. The molecule has 168 valence electrons. The molecule has 0 bridgehead atoms.